The fourth-order valence-electron chi connectivity index (χ4n) is 3.97. The lowest BCUT2D eigenvalue weighted by Crippen LogP contribution is -2.23. The standard InChI is InChI=1S/C25H20N6O4/c1-14-23(25(33)34)30(29-27-14)17-11-12-21(35-2)20(13-17)31-24(32)19-6-4-3-5-18(19)22(28-31)15-7-9-16(26)10-8-15/h3-13H,26H2,1-2H3,(H,33,34). The number of rotatable bonds is 5. The van der Waals surface area contributed by atoms with Crippen molar-refractivity contribution in [2.45, 2.75) is 6.92 Å². The zero-order valence-corrected chi connectivity index (χ0v) is 18.8. The smallest absolute Gasteiger partial charge is 0.356 e. The molecule has 35 heavy (non-hydrogen) atoms. The lowest BCUT2D eigenvalue weighted by Gasteiger charge is -2.15. The van der Waals surface area contributed by atoms with Gasteiger partial charge >= 0.3 is 5.97 Å². The summed E-state index contributed by atoms with van der Waals surface area (Å²) in [5.41, 5.74) is 8.36. The highest BCUT2D eigenvalue weighted by Gasteiger charge is 2.21. The maximum atomic E-state index is 13.6. The first kappa shape index (κ1) is 21.8. The van der Waals surface area contributed by atoms with Gasteiger partial charge in [0.25, 0.3) is 5.56 Å². The van der Waals surface area contributed by atoms with Crippen LogP contribution < -0.4 is 16.0 Å². The molecule has 0 aliphatic heterocycles. The number of aromatic carboxylic acids is 1. The van der Waals surface area contributed by atoms with Gasteiger partial charge in [0, 0.05) is 16.6 Å². The Kier molecular flexibility index (Phi) is 5.25. The van der Waals surface area contributed by atoms with Gasteiger partial charge < -0.3 is 15.6 Å². The van der Waals surface area contributed by atoms with Gasteiger partial charge in [-0.05, 0) is 43.3 Å². The van der Waals surface area contributed by atoms with Gasteiger partial charge in [-0.25, -0.2) is 9.48 Å². The van der Waals surface area contributed by atoms with E-state index in [1.165, 1.54) is 16.5 Å². The van der Waals surface area contributed by atoms with Crippen molar-refractivity contribution in [3.63, 3.8) is 0 Å². The largest absolute Gasteiger partial charge is 0.494 e. The number of benzene rings is 3. The van der Waals surface area contributed by atoms with Crippen molar-refractivity contribution >= 4 is 22.4 Å². The number of methoxy groups -OCH3 is 1. The number of carbonyl (C=O) groups is 1. The average molecular weight is 468 g/mol. The molecular formula is C25H20N6O4. The van der Waals surface area contributed by atoms with Gasteiger partial charge in [0.1, 0.15) is 11.4 Å². The summed E-state index contributed by atoms with van der Waals surface area (Å²) in [6, 6.07) is 19.3. The van der Waals surface area contributed by atoms with Crippen LogP contribution in [0.1, 0.15) is 16.2 Å². The minimum Gasteiger partial charge on any atom is -0.494 e. The summed E-state index contributed by atoms with van der Waals surface area (Å²) in [5.74, 6) is -0.799. The summed E-state index contributed by atoms with van der Waals surface area (Å²) >= 11 is 0. The molecule has 0 fully saturated rings. The predicted molar refractivity (Wildman–Crippen MR) is 130 cm³/mol. The van der Waals surface area contributed by atoms with Gasteiger partial charge in [0.2, 0.25) is 0 Å². The first-order valence-corrected chi connectivity index (χ1v) is 10.6. The number of anilines is 1. The number of nitrogens with two attached hydrogens (primary N) is 1. The molecule has 0 unspecified atom stereocenters. The zero-order valence-electron chi connectivity index (χ0n) is 18.8. The second-order valence-corrected chi connectivity index (χ2v) is 7.83. The fraction of sp³-hybridized carbons (Fsp3) is 0.0800. The number of aryl methyl sites for hydroxylation is 1. The van der Waals surface area contributed by atoms with Crippen LogP contribution in [-0.4, -0.2) is 43.0 Å². The van der Waals surface area contributed by atoms with Crippen LogP contribution in [0.15, 0.2) is 71.5 Å². The summed E-state index contributed by atoms with van der Waals surface area (Å²) in [6.45, 7) is 1.56. The number of ether oxygens (including phenoxy) is 1. The molecule has 0 saturated carbocycles. The Morgan fingerprint density at radius 2 is 1.71 bits per heavy atom. The van der Waals surface area contributed by atoms with E-state index in [4.69, 9.17) is 15.6 Å². The number of nitrogen functional groups attached to an aromatic ring is 1. The molecule has 0 radical (unpaired) electrons. The van der Waals surface area contributed by atoms with Crippen molar-refractivity contribution in [2.24, 2.45) is 0 Å². The molecule has 5 rings (SSSR count). The molecule has 0 aliphatic carbocycles. The molecule has 0 atom stereocenters. The Morgan fingerprint density at radius 1 is 1.00 bits per heavy atom. The van der Waals surface area contributed by atoms with Crippen molar-refractivity contribution in [3.05, 3.63) is 88.5 Å². The first-order valence-electron chi connectivity index (χ1n) is 10.6. The van der Waals surface area contributed by atoms with Gasteiger partial charge in [-0.1, -0.05) is 35.5 Å². The van der Waals surface area contributed by atoms with Gasteiger partial charge in [-0.2, -0.15) is 9.78 Å². The number of carboxylic acid groups (broad SMARTS) is 1. The number of fused-ring (bicyclic) bond motifs is 1. The van der Waals surface area contributed by atoms with Gasteiger partial charge in [0.05, 0.1) is 29.6 Å². The fourth-order valence-corrected chi connectivity index (χ4v) is 3.97. The Labute approximate surface area is 198 Å². The van der Waals surface area contributed by atoms with E-state index in [2.05, 4.69) is 10.3 Å². The van der Waals surface area contributed by atoms with Crippen LogP contribution in [0.2, 0.25) is 0 Å². The quantitative estimate of drug-likeness (QED) is 0.375. The summed E-state index contributed by atoms with van der Waals surface area (Å²) < 4.78 is 7.98. The van der Waals surface area contributed by atoms with E-state index in [9.17, 15) is 14.7 Å². The molecule has 3 N–H and O–H groups in total. The highest BCUT2D eigenvalue weighted by atomic mass is 16.5. The molecule has 0 spiro atoms. The zero-order chi connectivity index (χ0) is 24.7. The summed E-state index contributed by atoms with van der Waals surface area (Å²) in [4.78, 5) is 25.3. The maximum absolute atomic E-state index is 13.6. The number of aromatic nitrogens is 5. The van der Waals surface area contributed by atoms with E-state index >= 15 is 0 Å². The molecule has 10 heteroatoms. The molecule has 0 amide bonds. The molecular weight excluding hydrogens is 448 g/mol. The summed E-state index contributed by atoms with van der Waals surface area (Å²) in [6.07, 6.45) is 0. The first-order chi connectivity index (χ1) is 16.9. The third kappa shape index (κ3) is 3.66. The van der Waals surface area contributed by atoms with E-state index in [0.717, 1.165) is 5.56 Å². The van der Waals surface area contributed by atoms with E-state index in [1.54, 1.807) is 49.4 Å². The van der Waals surface area contributed by atoms with E-state index in [-0.39, 0.29) is 16.9 Å². The Bertz CT molecular complexity index is 1650. The van der Waals surface area contributed by atoms with Crippen LogP contribution in [0.5, 0.6) is 5.75 Å². The topological polar surface area (TPSA) is 138 Å². The minimum atomic E-state index is -1.17. The van der Waals surface area contributed by atoms with Crippen LogP contribution in [0.4, 0.5) is 5.69 Å². The van der Waals surface area contributed by atoms with Gasteiger partial charge in [-0.3, -0.25) is 4.79 Å². The third-order valence-corrected chi connectivity index (χ3v) is 5.67. The monoisotopic (exact) mass is 468 g/mol. The number of carboxylic acids is 1. The van der Waals surface area contributed by atoms with Crippen LogP contribution >= 0.6 is 0 Å². The van der Waals surface area contributed by atoms with Crippen molar-refractivity contribution < 1.29 is 14.6 Å². The van der Waals surface area contributed by atoms with Crippen LogP contribution in [0.25, 0.3) is 33.4 Å². The molecule has 0 saturated heterocycles. The lowest BCUT2D eigenvalue weighted by atomic mass is 10.0. The molecule has 0 aliphatic rings. The summed E-state index contributed by atoms with van der Waals surface area (Å²) in [7, 11) is 1.48. The molecule has 2 heterocycles. The highest BCUT2D eigenvalue weighted by Crippen LogP contribution is 2.29. The summed E-state index contributed by atoms with van der Waals surface area (Å²) in [5, 5.41) is 23.3. The molecule has 2 aromatic heterocycles. The maximum Gasteiger partial charge on any atom is 0.356 e. The van der Waals surface area contributed by atoms with Crippen molar-refractivity contribution in [2.75, 3.05) is 12.8 Å². The molecule has 174 valence electrons. The number of hydrogen-bond acceptors (Lipinski definition) is 7. The van der Waals surface area contributed by atoms with E-state index < -0.39 is 5.97 Å². The van der Waals surface area contributed by atoms with Gasteiger partial charge in [-0.15, -0.1) is 5.10 Å². The molecule has 3 aromatic carbocycles. The van der Waals surface area contributed by atoms with Crippen molar-refractivity contribution in [1.82, 2.24) is 24.8 Å². The Balaban J connectivity index is 1.80. The number of nitrogens with zero attached hydrogens (tertiary/aromatic N) is 5. The lowest BCUT2D eigenvalue weighted by molar-refractivity contribution is 0.0686. The van der Waals surface area contributed by atoms with E-state index in [1.807, 2.05) is 24.3 Å². The van der Waals surface area contributed by atoms with Crippen LogP contribution in [0, 0.1) is 6.92 Å². The van der Waals surface area contributed by atoms with Crippen molar-refractivity contribution in [3.8, 4) is 28.4 Å². The highest BCUT2D eigenvalue weighted by molar-refractivity contribution is 5.94. The molecule has 5 aromatic rings. The van der Waals surface area contributed by atoms with Gasteiger partial charge in [0.15, 0.2) is 5.69 Å². The second-order valence-electron chi connectivity index (χ2n) is 7.83. The second kappa shape index (κ2) is 8.41. The van der Waals surface area contributed by atoms with Crippen LogP contribution in [0.3, 0.4) is 0 Å². The normalized spacial score (nSPS) is 11.0. The minimum absolute atomic E-state index is 0.0810. The Hall–Kier alpha value is -4.99. The molecule has 0 bridgehead atoms. The Morgan fingerprint density at radius 3 is 2.40 bits per heavy atom. The average Bonchev–Trinajstić information content (AvgIpc) is 3.26. The predicted octanol–water partition coefficient (Wildman–Crippen LogP) is 3.23. The number of hydrogen-bond donors (Lipinski definition) is 2. The third-order valence-electron chi connectivity index (χ3n) is 5.67. The van der Waals surface area contributed by atoms with E-state index in [0.29, 0.717) is 39.3 Å². The SMILES string of the molecule is COc1ccc(-n2nnc(C)c2C(=O)O)cc1-n1nc(-c2ccc(N)cc2)c2ccccc2c1=O. The van der Waals surface area contributed by atoms with Crippen LogP contribution in [-0.2, 0) is 0 Å². The van der Waals surface area contributed by atoms with Crippen molar-refractivity contribution in [1.29, 1.82) is 0 Å². The molecule has 10 nitrogen and oxygen atoms in total.